The van der Waals surface area contributed by atoms with Gasteiger partial charge in [0.25, 0.3) is 0 Å². The zero-order chi connectivity index (χ0) is 17.8. The number of carbonyl (C=O) groups excluding carboxylic acids is 1. The zero-order valence-electron chi connectivity index (χ0n) is 13.8. The van der Waals surface area contributed by atoms with E-state index in [1.165, 1.54) is 18.2 Å². The number of amides is 1. The van der Waals surface area contributed by atoms with E-state index in [9.17, 15) is 19.1 Å². The summed E-state index contributed by atoms with van der Waals surface area (Å²) in [6.45, 7) is 0.516. The van der Waals surface area contributed by atoms with Crippen molar-refractivity contribution in [2.45, 2.75) is 31.7 Å². The number of carboxylic acid groups (broad SMARTS) is 1. The van der Waals surface area contributed by atoms with Crippen LogP contribution in [0.5, 0.6) is 0 Å². The van der Waals surface area contributed by atoms with E-state index in [0.29, 0.717) is 18.5 Å². The van der Waals surface area contributed by atoms with Crippen LogP contribution in [-0.4, -0.2) is 34.5 Å². The zero-order valence-corrected chi connectivity index (χ0v) is 13.8. The van der Waals surface area contributed by atoms with Gasteiger partial charge in [-0.15, -0.1) is 0 Å². The van der Waals surface area contributed by atoms with E-state index >= 15 is 0 Å². The first-order valence-corrected chi connectivity index (χ1v) is 8.39. The molecular weight excluding hydrogens is 321 g/mol. The molecule has 1 saturated carbocycles. The third-order valence-electron chi connectivity index (χ3n) is 4.43. The number of nitrogens with zero attached hydrogens (tertiary/aromatic N) is 1. The van der Waals surface area contributed by atoms with E-state index < -0.39 is 5.97 Å². The van der Waals surface area contributed by atoms with Crippen LogP contribution in [0.4, 0.5) is 4.39 Å². The van der Waals surface area contributed by atoms with Gasteiger partial charge in [-0.25, -0.2) is 9.18 Å². The molecule has 5 heteroatoms. The number of carbonyl (C=O) groups is 2. The summed E-state index contributed by atoms with van der Waals surface area (Å²) in [5.74, 6) is -1.38. The number of hydrogen-bond donors (Lipinski definition) is 1. The van der Waals surface area contributed by atoms with Gasteiger partial charge in [0.2, 0.25) is 5.91 Å². The Hall–Kier alpha value is -2.69. The monoisotopic (exact) mass is 341 g/mol. The molecule has 0 atom stereocenters. The molecule has 1 fully saturated rings. The molecule has 0 unspecified atom stereocenters. The van der Waals surface area contributed by atoms with E-state index in [0.717, 1.165) is 18.4 Å². The Morgan fingerprint density at radius 2 is 1.88 bits per heavy atom. The van der Waals surface area contributed by atoms with Gasteiger partial charge in [-0.3, -0.25) is 4.79 Å². The van der Waals surface area contributed by atoms with Crippen molar-refractivity contribution in [3.05, 3.63) is 71.0 Å². The minimum Gasteiger partial charge on any atom is -0.478 e. The van der Waals surface area contributed by atoms with Crippen molar-refractivity contribution in [2.75, 3.05) is 6.54 Å². The molecular formula is C20H20FNO3. The highest BCUT2D eigenvalue weighted by Gasteiger charge is 2.32. The van der Waals surface area contributed by atoms with Crippen LogP contribution in [0.1, 0.15) is 34.3 Å². The van der Waals surface area contributed by atoms with Gasteiger partial charge in [0.15, 0.2) is 0 Å². The van der Waals surface area contributed by atoms with Gasteiger partial charge >= 0.3 is 5.97 Å². The molecule has 0 bridgehead atoms. The maximum absolute atomic E-state index is 13.3. The molecule has 25 heavy (non-hydrogen) atoms. The fourth-order valence-corrected chi connectivity index (χ4v) is 2.99. The molecule has 1 amide bonds. The molecule has 4 nitrogen and oxygen atoms in total. The van der Waals surface area contributed by atoms with Gasteiger partial charge in [0.05, 0.1) is 12.0 Å². The average Bonchev–Trinajstić information content (AvgIpc) is 3.40. The third-order valence-corrected chi connectivity index (χ3v) is 4.43. The SMILES string of the molecule is O=C(O)c1ccccc1CC(=O)N(CCc1cccc(F)c1)C1CC1. The Morgan fingerprint density at radius 3 is 2.56 bits per heavy atom. The minimum absolute atomic E-state index is 0.0716. The van der Waals surface area contributed by atoms with E-state index in [2.05, 4.69) is 0 Å². The second-order valence-electron chi connectivity index (χ2n) is 6.34. The number of aromatic carboxylic acids is 1. The van der Waals surface area contributed by atoms with Gasteiger partial charge in [-0.2, -0.15) is 0 Å². The van der Waals surface area contributed by atoms with Crippen LogP contribution < -0.4 is 0 Å². The highest BCUT2D eigenvalue weighted by Crippen LogP contribution is 2.28. The maximum Gasteiger partial charge on any atom is 0.335 e. The van der Waals surface area contributed by atoms with Crippen molar-refractivity contribution in [3.63, 3.8) is 0 Å². The Balaban J connectivity index is 1.69. The highest BCUT2D eigenvalue weighted by atomic mass is 19.1. The lowest BCUT2D eigenvalue weighted by atomic mass is 10.0. The molecule has 0 spiro atoms. The number of rotatable bonds is 7. The summed E-state index contributed by atoms with van der Waals surface area (Å²) in [6, 6.07) is 13.2. The van der Waals surface area contributed by atoms with Gasteiger partial charge < -0.3 is 10.0 Å². The highest BCUT2D eigenvalue weighted by molar-refractivity contribution is 5.91. The lowest BCUT2D eigenvalue weighted by Crippen LogP contribution is -2.36. The summed E-state index contributed by atoms with van der Waals surface area (Å²) in [5, 5.41) is 9.26. The summed E-state index contributed by atoms with van der Waals surface area (Å²) in [7, 11) is 0. The number of benzene rings is 2. The van der Waals surface area contributed by atoms with Crippen LogP contribution in [0.15, 0.2) is 48.5 Å². The number of hydrogen-bond acceptors (Lipinski definition) is 2. The maximum atomic E-state index is 13.3. The second-order valence-corrected chi connectivity index (χ2v) is 6.34. The summed E-state index contributed by atoms with van der Waals surface area (Å²) >= 11 is 0. The van der Waals surface area contributed by atoms with Crippen molar-refractivity contribution < 1.29 is 19.1 Å². The van der Waals surface area contributed by atoms with Crippen molar-refractivity contribution >= 4 is 11.9 Å². The minimum atomic E-state index is -1.03. The Labute approximate surface area is 145 Å². The van der Waals surface area contributed by atoms with Crippen LogP contribution in [0.3, 0.4) is 0 Å². The lowest BCUT2D eigenvalue weighted by Gasteiger charge is -2.23. The molecule has 1 aliphatic carbocycles. The topological polar surface area (TPSA) is 57.6 Å². The smallest absolute Gasteiger partial charge is 0.335 e. The van der Waals surface area contributed by atoms with E-state index in [1.807, 2.05) is 11.0 Å². The summed E-state index contributed by atoms with van der Waals surface area (Å²) in [6.07, 6.45) is 2.59. The van der Waals surface area contributed by atoms with E-state index in [-0.39, 0.29) is 29.8 Å². The quantitative estimate of drug-likeness (QED) is 0.841. The molecule has 0 saturated heterocycles. The van der Waals surface area contributed by atoms with Crippen molar-refractivity contribution in [1.29, 1.82) is 0 Å². The van der Waals surface area contributed by atoms with E-state index in [4.69, 9.17) is 0 Å². The summed E-state index contributed by atoms with van der Waals surface area (Å²) in [4.78, 5) is 25.8. The Bertz CT molecular complexity index is 786. The molecule has 0 aliphatic heterocycles. The molecule has 0 aromatic heterocycles. The second kappa shape index (κ2) is 7.47. The molecule has 1 N–H and O–H groups in total. The van der Waals surface area contributed by atoms with Crippen LogP contribution in [0.25, 0.3) is 0 Å². The van der Waals surface area contributed by atoms with Crippen LogP contribution >= 0.6 is 0 Å². The largest absolute Gasteiger partial charge is 0.478 e. The van der Waals surface area contributed by atoms with Crippen molar-refractivity contribution in [2.24, 2.45) is 0 Å². The molecule has 0 heterocycles. The molecule has 3 rings (SSSR count). The molecule has 1 aliphatic rings. The number of carboxylic acids is 1. The third kappa shape index (κ3) is 4.44. The Kier molecular flexibility index (Phi) is 5.12. The summed E-state index contributed by atoms with van der Waals surface area (Å²) in [5.41, 5.74) is 1.54. The van der Waals surface area contributed by atoms with Crippen molar-refractivity contribution in [3.8, 4) is 0 Å². The van der Waals surface area contributed by atoms with Gasteiger partial charge in [0, 0.05) is 12.6 Å². The first kappa shape index (κ1) is 17.1. The number of halogens is 1. The standard InChI is InChI=1S/C20H20FNO3/c21-16-6-3-4-14(12-16)10-11-22(17-8-9-17)19(23)13-15-5-1-2-7-18(15)20(24)25/h1-7,12,17H,8-11,13H2,(H,24,25). The molecule has 0 radical (unpaired) electrons. The van der Waals surface area contributed by atoms with Gasteiger partial charge in [0.1, 0.15) is 5.82 Å². The van der Waals surface area contributed by atoms with E-state index in [1.54, 1.807) is 24.3 Å². The van der Waals surface area contributed by atoms with Crippen LogP contribution in [0.2, 0.25) is 0 Å². The van der Waals surface area contributed by atoms with Crippen LogP contribution in [-0.2, 0) is 17.6 Å². The van der Waals surface area contributed by atoms with Gasteiger partial charge in [-0.05, 0) is 48.6 Å². The lowest BCUT2D eigenvalue weighted by molar-refractivity contribution is -0.131. The normalized spacial score (nSPS) is 13.5. The fourth-order valence-electron chi connectivity index (χ4n) is 2.99. The molecule has 2 aromatic carbocycles. The predicted molar refractivity (Wildman–Crippen MR) is 91.9 cm³/mol. The summed E-state index contributed by atoms with van der Waals surface area (Å²) < 4.78 is 13.3. The molecule has 130 valence electrons. The van der Waals surface area contributed by atoms with Crippen molar-refractivity contribution in [1.82, 2.24) is 4.90 Å². The fraction of sp³-hybridized carbons (Fsp3) is 0.300. The first-order valence-electron chi connectivity index (χ1n) is 8.39. The first-order chi connectivity index (χ1) is 12.0. The van der Waals surface area contributed by atoms with Crippen LogP contribution in [0, 0.1) is 5.82 Å². The van der Waals surface area contributed by atoms with Gasteiger partial charge in [-0.1, -0.05) is 30.3 Å². The molecule has 2 aromatic rings. The Morgan fingerprint density at radius 1 is 1.12 bits per heavy atom. The predicted octanol–water partition coefficient (Wildman–Crippen LogP) is 3.30. The average molecular weight is 341 g/mol.